The Hall–Kier alpha value is -2.97. The van der Waals surface area contributed by atoms with E-state index in [9.17, 15) is 18.0 Å². The summed E-state index contributed by atoms with van der Waals surface area (Å²) in [6.07, 6.45) is -3.15. The highest BCUT2D eigenvalue weighted by Gasteiger charge is 2.31. The van der Waals surface area contributed by atoms with Gasteiger partial charge in [0, 0.05) is 38.6 Å². The zero-order valence-electron chi connectivity index (χ0n) is 13.6. The number of halogens is 3. The summed E-state index contributed by atoms with van der Waals surface area (Å²) in [4.78, 5) is 17.9. The van der Waals surface area contributed by atoms with Crippen molar-refractivity contribution in [2.45, 2.75) is 12.9 Å². The molecule has 1 aromatic carbocycles. The first-order valence-corrected chi connectivity index (χ1v) is 7.26. The largest absolute Gasteiger partial charge is 0.573 e. The number of benzene rings is 1. The minimum atomic E-state index is -4.79. The molecule has 134 valence electrons. The highest BCUT2D eigenvalue weighted by atomic mass is 19.4. The molecule has 6 nitrogen and oxygen atoms in total. The van der Waals surface area contributed by atoms with Crippen molar-refractivity contribution in [1.82, 2.24) is 10.3 Å². The van der Waals surface area contributed by atoms with Gasteiger partial charge in [-0.15, -0.1) is 13.2 Å². The first-order chi connectivity index (χ1) is 11.7. The van der Waals surface area contributed by atoms with Crippen LogP contribution in [0, 0.1) is 0 Å². The van der Waals surface area contributed by atoms with E-state index in [0.29, 0.717) is 0 Å². The molecule has 0 radical (unpaired) electrons. The number of carbonyl (C=O) groups excluding carboxylic acids is 1. The summed E-state index contributed by atoms with van der Waals surface area (Å²) in [5.74, 6) is 0.378. The zero-order valence-corrected chi connectivity index (χ0v) is 13.6. The maximum Gasteiger partial charge on any atom is 0.573 e. The maximum absolute atomic E-state index is 12.2. The number of rotatable bonds is 5. The van der Waals surface area contributed by atoms with Crippen LogP contribution in [0.15, 0.2) is 42.6 Å². The molecule has 0 aliphatic heterocycles. The SMILES string of the molecule is CN(C)c1ccc(CNC(=O)Nc2cccc(OC(F)(F)F)c2)cn1. The number of nitrogens with zero attached hydrogens (tertiary/aromatic N) is 2. The van der Waals surface area contributed by atoms with Crippen LogP contribution in [-0.2, 0) is 6.54 Å². The molecule has 1 heterocycles. The number of urea groups is 1. The quantitative estimate of drug-likeness (QED) is 0.864. The van der Waals surface area contributed by atoms with Crippen LogP contribution in [-0.4, -0.2) is 31.5 Å². The van der Waals surface area contributed by atoms with Crippen molar-refractivity contribution in [3.8, 4) is 5.75 Å². The lowest BCUT2D eigenvalue weighted by molar-refractivity contribution is -0.274. The number of carbonyl (C=O) groups is 1. The van der Waals surface area contributed by atoms with Crippen LogP contribution in [0.5, 0.6) is 5.75 Å². The van der Waals surface area contributed by atoms with Gasteiger partial charge in [0.15, 0.2) is 0 Å². The highest BCUT2D eigenvalue weighted by Crippen LogP contribution is 2.24. The summed E-state index contributed by atoms with van der Waals surface area (Å²) < 4.78 is 40.4. The number of pyridine rings is 1. The van der Waals surface area contributed by atoms with Gasteiger partial charge in [0.2, 0.25) is 0 Å². The molecule has 1 aromatic heterocycles. The molecule has 2 aromatic rings. The number of ether oxygens (including phenoxy) is 1. The summed E-state index contributed by atoms with van der Waals surface area (Å²) in [5, 5.41) is 5.04. The lowest BCUT2D eigenvalue weighted by Gasteiger charge is -2.12. The number of anilines is 2. The maximum atomic E-state index is 12.2. The van der Waals surface area contributed by atoms with Gasteiger partial charge < -0.3 is 20.3 Å². The Morgan fingerprint density at radius 1 is 1.24 bits per heavy atom. The molecular weight excluding hydrogens is 337 g/mol. The minimum absolute atomic E-state index is 0.181. The summed E-state index contributed by atoms with van der Waals surface area (Å²) in [6, 6.07) is 8.11. The molecule has 0 aliphatic rings. The third-order valence-corrected chi connectivity index (χ3v) is 3.05. The lowest BCUT2D eigenvalue weighted by Crippen LogP contribution is -2.28. The van der Waals surface area contributed by atoms with E-state index < -0.39 is 18.1 Å². The van der Waals surface area contributed by atoms with Gasteiger partial charge in [-0.05, 0) is 23.8 Å². The first kappa shape index (κ1) is 18.4. The molecule has 25 heavy (non-hydrogen) atoms. The fourth-order valence-electron chi connectivity index (χ4n) is 1.91. The molecule has 0 saturated carbocycles. The van der Waals surface area contributed by atoms with Crippen molar-refractivity contribution in [1.29, 1.82) is 0 Å². The molecule has 9 heteroatoms. The van der Waals surface area contributed by atoms with Crippen molar-refractivity contribution in [3.05, 3.63) is 48.2 Å². The van der Waals surface area contributed by atoms with Crippen LogP contribution < -0.4 is 20.3 Å². The Morgan fingerprint density at radius 2 is 2.00 bits per heavy atom. The molecule has 0 atom stereocenters. The van der Waals surface area contributed by atoms with Crippen LogP contribution in [0.3, 0.4) is 0 Å². The fourth-order valence-corrected chi connectivity index (χ4v) is 1.91. The van der Waals surface area contributed by atoms with Crippen LogP contribution >= 0.6 is 0 Å². The Balaban J connectivity index is 1.88. The predicted octanol–water partition coefficient (Wildman–Crippen LogP) is 3.37. The fraction of sp³-hybridized carbons (Fsp3) is 0.250. The monoisotopic (exact) mass is 354 g/mol. The number of alkyl halides is 3. The van der Waals surface area contributed by atoms with Crippen molar-refractivity contribution in [3.63, 3.8) is 0 Å². The molecule has 2 amide bonds. The lowest BCUT2D eigenvalue weighted by atomic mass is 10.3. The van der Waals surface area contributed by atoms with E-state index in [-0.39, 0.29) is 12.2 Å². The first-order valence-electron chi connectivity index (χ1n) is 7.26. The van der Waals surface area contributed by atoms with Gasteiger partial charge >= 0.3 is 12.4 Å². The predicted molar refractivity (Wildman–Crippen MR) is 87.5 cm³/mol. The van der Waals surface area contributed by atoms with E-state index in [1.54, 1.807) is 6.20 Å². The smallest absolute Gasteiger partial charge is 0.406 e. The molecule has 0 unspecified atom stereocenters. The third kappa shape index (κ3) is 6.21. The molecule has 2 N–H and O–H groups in total. The van der Waals surface area contributed by atoms with Crippen LogP contribution in [0.1, 0.15) is 5.56 Å². The second-order valence-corrected chi connectivity index (χ2v) is 5.30. The van der Waals surface area contributed by atoms with E-state index >= 15 is 0 Å². The Morgan fingerprint density at radius 3 is 2.60 bits per heavy atom. The van der Waals surface area contributed by atoms with Gasteiger partial charge in [0.05, 0.1) is 0 Å². The van der Waals surface area contributed by atoms with Crippen LogP contribution in [0.2, 0.25) is 0 Å². The second kappa shape index (κ2) is 7.73. The Bertz CT molecular complexity index is 718. The van der Waals surface area contributed by atoms with Gasteiger partial charge in [0.1, 0.15) is 11.6 Å². The van der Waals surface area contributed by atoms with E-state index in [0.717, 1.165) is 23.5 Å². The summed E-state index contributed by atoms with van der Waals surface area (Å²) >= 11 is 0. The zero-order chi connectivity index (χ0) is 18.4. The average Bonchev–Trinajstić information content (AvgIpc) is 2.52. The Kier molecular flexibility index (Phi) is 5.68. The van der Waals surface area contributed by atoms with Crippen molar-refractivity contribution < 1.29 is 22.7 Å². The van der Waals surface area contributed by atoms with E-state index in [4.69, 9.17) is 0 Å². The third-order valence-electron chi connectivity index (χ3n) is 3.05. The van der Waals surface area contributed by atoms with Gasteiger partial charge in [0.25, 0.3) is 0 Å². The van der Waals surface area contributed by atoms with Crippen LogP contribution in [0.4, 0.5) is 29.5 Å². The highest BCUT2D eigenvalue weighted by molar-refractivity contribution is 5.89. The van der Waals surface area contributed by atoms with Gasteiger partial charge in [-0.25, -0.2) is 9.78 Å². The summed E-state index contributed by atoms with van der Waals surface area (Å²) in [6.45, 7) is 0.227. The number of aromatic nitrogens is 1. The normalized spacial score (nSPS) is 10.9. The standard InChI is InChI=1S/C16H17F3N4O2/c1-23(2)14-7-6-11(9-20-14)10-21-15(24)22-12-4-3-5-13(8-12)25-16(17,18)19/h3-9H,10H2,1-2H3,(H2,21,22,24). The minimum Gasteiger partial charge on any atom is -0.406 e. The van der Waals surface area contributed by atoms with Gasteiger partial charge in [-0.1, -0.05) is 12.1 Å². The van der Waals surface area contributed by atoms with Crippen molar-refractivity contribution in [2.24, 2.45) is 0 Å². The molecule has 2 rings (SSSR count). The number of amides is 2. The molecule has 0 bridgehead atoms. The number of hydrogen-bond donors (Lipinski definition) is 2. The van der Waals surface area contributed by atoms with E-state index in [2.05, 4.69) is 20.4 Å². The number of hydrogen-bond acceptors (Lipinski definition) is 4. The molecular formula is C16H17F3N4O2. The van der Waals surface area contributed by atoms with Gasteiger partial charge in [-0.3, -0.25) is 0 Å². The summed E-state index contributed by atoms with van der Waals surface area (Å²) in [5.41, 5.74) is 0.968. The van der Waals surface area contributed by atoms with E-state index in [1.807, 2.05) is 31.1 Å². The Labute approximate surface area is 142 Å². The van der Waals surface area contributed by atoms with Crippen molar-refractivity contribution >= 4 is 17.5 Å². The second-order valence-electron chi connectivity index (χ2n) is 5.30. The average molecular weight is 354 g/mol. The molecule has 0 fully saturated rings. The summed E-state index contributed by atoms with van der Waals surface area (Å²) in [7, 11) is 3.73. The van der Waals surface area contributed by atoms with Crippen LogP contribution in [0.25, 0.3) is 0 Å². The van der Waals surface area contributed by atoms with Gasteiger partial charge in [-0.2, -0.15) is 0 Å². The van der Waals surface area contributed by atoms with Crippen molar-refractivity contribution in [2.75, 3.05) is 24.3 Å². The molecule has 0 spiro atoms. The molecule has 0 saturated heterocycles. The topological polar surface area (TPSA) is 66.5 Å². The number of nitrogens with one attached hydrogen (secondary N) is 2. The molecule has 0 aliphatic carbocycles. The van der Waals surface area contributed by atoms with E-state index in [1.165, 1.54) is 12.1 Å².